The van der Waals surface area contributed by atoms with Gasteiger partial charge in [0.15, 0.2) is 0 Å². The Labute approximate surface area is 140 Å². The summed E-state index contributed by atoms with van der Waals surface area (Å²) in [5, 5.41) is 0. The molecule has 0 atom stereocenters. The van der Waals surface area contributed by atoms with Crippen LogP contribution in [-0.4, -0.2) is 20.2 Å². The molecule has 124 valence electrons. The highest BCUT2D eigenvalue weighted by atomic mass is 32.2. The summed E-state index contributed by atoms with van der Waals surface area (Å²) < 4.78 is 27.3. The summed E-state index contributed by atoms with van der Waals surface area (Å²) in [5.74, 6) is -0.540. The molecule has 0 radical (unpaired) electrons. The first-order valence-electron chi connectivity index (χ1n) is 7.42. The molecule has 6 nitrogen and oxygen atoms in total. The predicted molar refractivity (Wildman–Crippen MR) is 90.2 cm³/mol. The van der Waals surface area contributed by atoms with E-state index in [2.05, 4.69) is 4.72 Å². The third kappa shape index (κ3) is 3.16. The fourth-order valence-electron chi connectivity index (χ4n) is 2.56. The zero-order chi connectivity index (χ0) is 17.3. The number of hydrogen-bond donors (Lipinski definition) is 1. The third-order valence-corrected chi connectivity index (χ3v) is 5.12. The number of anilines is 2. The van der Waals surface area contributed by atoms with E-state index < -0.39 is 10.0 Å². The van der Waals surface area contributed by atoms with Crippen LogP contribution in [0.4, 0.5) is 11.4 Å². The van der Waals surface area contributed by atoms with Crippen molar-refractivity contribution >= 4 is 33.2 Å². The number of amides is 2. The van der Waals surface area contributed by atoms with Gasteiger partial charge in [0, 0.05) is 18.5 Å². The molecule has 24 heavy (non-hydrogen) atoms. The van der Waals surface area contributed by atoms with Crippen LogP contribution in [0.25, 0.3) is 0 Å². The quantitative estimate of drug-likeness (QED) is 0.864. The van der Waals surface area contributed by atoms with Crippen molar-refractivity contribution in [2.75, 3.05) is 9.62 Å². The zero-order valence-electron chi connectivity index (χ0n) is 13.0. The topological polar surface area (TPSA) is 83.6 Å². The number of aryl methyl sites for hydroxylation is 1. The van der Waals surface area contributed by atoms with Crippen LogP contribution in [0, 0.1) is 6.92 Å². The molecule has 1 aliphatic heterocycles. The monoisotopic (exact) mass is 344 g/mol. The molecular formula is C17H16N2O4S. The summed E-state index contributed by atoms with van der Waals surface area (Å²) in [6, 6.07) is 12.7. The highest BCUT2D eigenvalue weighted by Gasteiger charge is 2.30. The second kappa shape index (κ2) is 6.09. The van der Waals surface area contributed by atoms with E-state index in [0.717, 1.165) is 10.5 Å². The van der Waals surface area contributed by atoms with Crippen molar-refractivity contribution in [3.8, 4) is 0 Å². The van der Waals surface area contributed by atoms with Gasteiger partial charge in [-0.3, -0.25) is 19.2 Å². The van der Waals surface area contributed by atoms with E-state index in [-0.39, 0.29) is 29.6 Å². The third-order valence-electron chi connectivity index (χ3n) is 3.73. The molecule has 1 heterocycles. The number of sulfonamides is 1. The van der Waals surface area contributed by atoms with Crippen LogP contribution in [-0.2, 0) is 19.6 Å². The SMILES string of the molecule is Cc1cccc(NS(=O)(=O)c2ccc(N3C(=O)CCC3=O)cc2)c1. The van der Waals surface area contributed by atoms with Crippen molar-refractivity contribution in [2.45, 2.75) is 24.7 Å². The first kappa shape index (κ1) is 16.2. The summed E-state index contributed by atoms with van der Waals surface area (Å²) >= 11 is 0. The van der Waals surface area contributed by atoms with Gasteiger partial charge in [0.25, 0.3) is 10.0 Å². The molecule has 1 fully saturated rings. The van der Waals surface area contributed by atoms with Gasteiger partial charge in [-0.2, -0.15) is 0 Å². The van der Waals surface area contributed by atoms with Crippen LogP contribution in [0.15, 0.2) is 53.4 Å². The van der Waals surface area contributed by atoms with E-state index >= 15 is 0 Å². The Morgan fingerprint density at radius 3 is 2.17 bits per heavy atom. The number of rotatable bonds is 4. The van der Waals surface area contributed by atoms with Gasteiger partial charge in [-0.25, -0.2) is 8.42 Å². The van der Waals surface area contributed by atoms with Crippen molar-refractivity contribution in [1.82, 2.24) is 0 Å². The summed E-state index contributed by atoms with van der Waals surface area (Å²) in [6.07, 6.45) is 0.377. The molecule has 3 rings (SSSR count). The summed E-state index contributed by atoms with van der Waals surface area (Å²) in [7, 11) is -3.74. The van der Waals surface area contributed by atoms with Crippen molar-refractivity contribution in [3.63, 3.8) is 0 Å². The Kier molecular flexibility index (Phi) is 4.11. The van der Waals surface area contributed by atoms with E-state index in [0.29, 0.717) is 11.4 Å². The lowest BCUT2D eigenvalue weighted by molar-refractivity contribution is -0.121. The van der Waals surface area contributed by atoms with Gasteiger partial charge in [-0.05, 0) is 48.9 Å². The highest BCUT2D eigenvalue weighted by molar-refractivity contribution is 7.92. The number of nitrogens with zero attached hydrogens (tertiary/aromatic N) is 1. The summed E-state index contributed by atoms with van der Waals surface area (Å²) in [5.41, 5.74) is 1.80. The van der Waals surface area contributed by atoms with Crippen molar-refractivity contribution in [3.05, 3.63) is 54.1 Å². The van der Waals surface area contributed by atoms with Crippen molar-refractivity contribution in [2.24, 2.45) is 0 Å². The first-order chi connectivity index (χ1) is 11.4. The Balaban J connectivity index is 1.84. The molecule has 1 aliphatic rings. The standard InChI is InChI=1S/C17H16N2O4S/c1-12-3-2-4-13(11-12)18-24(22,23)15-7-5-14(6-8-15)19-16(20)9-10-17(19)21/h2-8,11,18H,9-10H2,1H3. The van der Waals surface area contributed by atoms with Crippen LogP contribution in [0.3, 0.4) is 0 Å². The second-order valence-electron chi connectivity index (χ2n) is 5.59. The maximum atomic E-state index is 12.4. The number of carbonyl (C=O) groups excluding carboxylic acids is 2. The van der Waals surface area contributed by atoms with Gasteiger partial charge in [0.1, 0.15) is 0 Å². The Morgan fingerprint density at radius 1 is 0.958 bits per heavy atom. The Hall–Kier alpha value is -2.67. The van der Waals surface area contributed by atoms with E-state index in [1.807, 2.05) is 13.0 Å². The summed E-state index contributed by atoms with van der Waals surface area (Å²) in [6.45, 7) is 1.87. The minimum atomic E-state index is -3.74. The smallest absolute Gasteiger partial charge is 0.261 e. The molecular weight excluding hydrogens is 328 g/mol. The highest BCUT2D eigenvalue weighted by Crippen LogP contribution is 2.25. The van der Waals surface area contributed by atoms with Crippen LogP contribution >= 0.6 is 0 Å². The fraction of sp³-hybridized carbons (Fsp3) is 0.176. The van der Waals surface area contributed by atoms with Crippen molar-refractivity contribution in [1.29, 1.82) is 0 Å². The summed E-state index contributed by atoms with van der Waals surface area (Å²) in [4.78, 5) is 24.6. The molecule has 0 unspecified atom stereocenters. The molecule has 0 saturated carbocycles. The average molecular weight is 344 g/mol. The number of nitrogens with one attached hydrogen (secondary N) is 1. The lowest BCUT2D eigenvalue weighted by Crippen LogP contribution is -2.28. The second-order valence-corrected chi connectivity index (χ2v) is 7.27. The molecule has 2 amide bonds. The molecule has 1 N–H and O–H groups in total. The Bertz CT molecular complexity index is 888. The first-order valence-corrected chi connectivity index (χ1v) is 8.90. The van der Waals surface area contributed by atoms with E-state index in [1.165, 1.54) is 24.3 Å². The fourth-order valence-corrected chi connectivity index (χ4v) is 3.61. The van der Waals surface area contributed by atoms with E-state index in [4.69, 9.17) is 0 Å². The van der Waals surface area contributed by atoms with Crippen LogP contribution in [0.1, 0.15) is 18.4 Å². The van der Waals surface area contributed by atoms with Gasteiger partial charge in [-0.1, -0.05) is 12.1 Å². The maximum absolute atomic E-state index is 12.4. The molecule has 2 aromatic carbocycles. The molecule has 2 aromatic rings. The number of imide groups is 1. The van der Waals surface area contributed by atoms with Crippen molar-refractivity contribution < 1.29 is 18.0 Å². The van der Waals surface area contributed by atoms with Gasteiger partial charge in [0.05, 0.1) is 10.6 Å². The minimum Gasteiger partial charge on any atom is -0.280 e. The number of benzene rings is 2. The van der Waals surface area contributed by atoms with Crippen LogP contribution in [0.2, 0.25) is 0 Å². The molecule has 1 saturated heterocycles. The Morgan fingerprint density at radius 2 is 1.58 bits per heavy atom. The predicted octanol–water partition coefficient (Wildman–Crippen LogP) is 2.45. The lowest BCUT2D eigenvalue weighted by Gasteiger charge is -2.14. The van der Waals surface area contributed by atoms with E-state index in [1.54, 1.807) is 18.2 Å². The van der Waals surface area contributed by atoms with Crippen LogP contribution < -0.4 is 9.62 Å². The maximum Gasteiger partial charge on any atom is 0.261 e. The molecule has 0 bridgehead atoms. The molecule has 0 aromatic heterocycles. The van der Waals surface area contributed by atoms with Gasteiger partial charge >= 0.3 is 0 Å². The van der Waals surface area contributed by atoms with Gasteiger partial charge in [-0.15, -0.1) is 0 Å². The minimum absolute atomic E-state index is 0.0619. The molecule has 0 aliphatic carbocycles. The molecule has 7 heteroatoms. The average Bonchev–Trinajstić information content (AvgIpc) is 2.86. The van der Waals surface area contributed by atoms with Crippen LogP contribution in [0.5, 0.6) is 0 Å². The largest absolute Gasteiger partial charge is 0.280 e. The number of carbonyl (C=O) groups is 2. The van der Waals surface area contributed by atoms with Gasteiger partial charge < -0.3 is 0 Å². The zero-order valence-corrected chi connectivity index (χ0v) is 13.8. The van der Waals surface area contributed by atoms with Gasteiger partial charge in [0.2, 0.25) is 11.8 Å². The lowest BCUT2D eigenvalue weighted by atomic mass is 10.2. The normalized spacial score (nSPS) is 15.0. The number of hydrogen-bond acceptors (Lipinski definition) is 4. The molecule has 0 spiro atoms. The van der Waals surface area contributed by atoms with E-state index in [9.17, 15) is 18.0 Å².